The molecule has 7 heteroatoms. The average molecular weight is 333 g/mol. The number of hydrogen-bond donors (Lipinski definition) is 2. The average Bonchev–Trinajstić information content (AvgIpc) is 2.98. The quantitative estimate of drug-likeness (QED) is 0.873. The van der Waals surface area contributed by atoms with E-state index in [-0.39, 0.29) is 18.4 Å². The number of rotatable bonds is 2. The van der Waals surface area contributed by atoms with Crippen molar-refractivity contribution in [3.63, 3.8) is 0 Å². The molecule has 1 fully saturated rings. The van der Waals surface area contributed by atoms with Crippen LogP contribution in [0.1, 0.15) is 29.2 Å². The zero-order valence-electron chi connectivity index (χ0n) is 12.4. The molecule has 0 aliphatic carbocycles. The van der Waals surface area contributed by atoms with Crippen molar-refractivity contribution in [2.75, 3.05) is 13.2 Å². The van der Waals surface area contributed by atoms with Crippen molar-refractivity contribution >= 4 is 18.3 Å². The fourth-order valence-corrected chi connectivity index (χ4v) is 2.83. The van der Waals surface area contributed by atoms with Crippen LogP contribution in [-0.2, 0) is 4.79 Å². The molecule has 0 spiro atoms. The number of carbonyl (C=O) groups excluding carboxylic acids is 1. The van der Waals surface area contributed by atoms with Crippen LogP contribution in [0.5, 0.6) is 5.75 Å². The lowest BCUT2D eigenvalue weighted by atomic mass is 10.0. The summed E-state index contributed by atoms with van der Waals surface area (Å²) >= 11 is 0. The van der Waals surface area contributed by atoms with Crippen LogP contribution in [0.4, 0.5) is 8.78 Å². The van der Waals surface area contributed by atoms with E-state index in [4.69, 9.17) is 4.74 Å². The predicted molar refractivity (Wildman–Crippen MR) is 80.9 cm³/mol. The Balaban J connectivity index is 0.00000176. The zero-order chi connectivity index (χ0) is 15.2. The first-order valence-corrected chi connectivity index (χ1v) is 7.02. The molecule has 22 heavy (non-hydrogen) atoms. The van der Waals surface area contributed by atoms with Crippen LogP contribution in [0.2, 0.25) is 0 Å². The summed E-state index contributed by atoms with van der Waals surface area (Å²) in [6.45, 7) is 3.86. The van der Waals surface area contributed by atoms with Gasteiger partial charge in [-0.1, -0.05) is 12.1 Å². The highest BCUT2D eigenvalue weighted by molar-refractivity contribution is 5.85. The van der Waals surface area contributed by atoms with Crippen LogP contribution in [0.15, 0.2) is 12.1 Å². The van der Waals surface area contributed by atoms with Crippen LogP contribution in [-0.4, -0.2) is 31.0 Å². The van der Waals surface area contributed by atoms with Gasteiger partial charge in [-0.05, 0) is 25.0 Å². The Labute approximate surface area is 134 Å². The molecule has 0 aromatic heterocycles. The second-order valence-electron chi connectivity index (χ2n) is 5.79. The Hall–Kier alpha value is -1.40. The number of hydrogen-bond acceptors (Lipinski definition) is 3. The fourth-order valence-electron chi connectivity index (χ4n) is 2.83. The minimum Gasteiger partial charge on any atom is -0.490 e. The van der Waals surface area contributed by atoms with Crippen LogP contribution in [0.25, 0.3) is 0 Å². The highest BCUT2D eigenvalue weighted by Gasteiger charge is 2.43. The molecule has 1 saturated heterocycles. The second-order valence-corrected chi connectivity index (χ2v) is 5.79. The molecule has 2 unspecified atom stereocenters. The van der Waals surface area contributed by atoms with Crippen molar-refractivity contribution in [3.8, 4) is 5.75 Å². The van der Waals surface area contributed by atoms with E-state index in [1.54, 1.807) is 0 Å². The highest BCUT2D eigenvalue weighted by Crippen LogP contribution is 2.37. The van der Waals surface area contributed by atoms with Gasteiger partial charge in [-0.2, -0.15) is 0 Å². The van der Waals surface area contributed by atoms with Crippen LogP contribution < -0.4 is 15.4 Å². The maximum atomic E-state index is 13.1. The molecule has 2 aliphatic heterocycles. The molecule has 1 aromatic carbocycles. The Bertz CT molecular complexity index is 595. The van der Waals surface area contributed by atoms with E-state index < -0.39 is 30.8 Å². The van der Waals surface area contributed by atoms with Gasteiger partial charge in [-0.3, -0.25) is 10.1 Å². The third-order valence-corrected chi connectivity index (χ3v) is 4.22. The van der Waals surface area contributed by atoms with Crippen LogP contribution in [0, 0.1) is 13.8 Å². The summed E-state index contributed by atoms with van der Waals surface area (Å²) in [7, 11) is 0. The van der Waals surface area contributed by atoms with Crippen molar-refractivity contribution in [1.82, 2.24) is 10.6 Å². The molecule has 0 saturated carbocycles. The van der Waals surface area contributed by atoms with Gasteiger partial charge in [0.15, 0.2) is 0 Å². The summed E-state index contributed by atoms with van der Waals surface area (Å²) in [4.78, 5) is 12.1. The lowest BCUT2D eigenvalue weighted by molar-refractivity contribution is -0.124. The SMILES string of the molecule is Cc1ccc2c(c1C)OCC2NC(=O)C1CC(F)(F)CN1.Cl. The number of nitrogens with one attached hydrogen (secondary N) is 2. The molecule has 0 radical (unpaired) electrons. The van der Waals surface area contributed by atoms with Gasteiger partial charge in [0, 0.05) is 12.0 Å². The van der Waals surface area contributed by atoms with E-state index in [0.717, 1.165) is 22.4 Å². The molecule has 2 N–H and O–H groups in total. The molecule has 2 heterocycles. The van der Waals surface area contributed by atoms with E-state index in [2.05, 4.69) is 10.6 Å². The predicted octanol–water partition coefficient (Wildman–Crippen LogP) is 2.27. The molecule has 1 amide bonds. The van der Waals surface area contributed by atoms with Crippen molar-refractivity contribution in [3.05, 3.63) is 28.8 Å². The maximum Gasteiger partial charge on any atom is 0.262 e. The first kappa shape index (κ1) is 17.0. The number of halogens is 3. The second kappa shape index (κ2) is 6.01. The third-order valence-electron chi connectivity index (χ3n) is 4.22. The van der Waals surface area contributed by atoms with Crippen LogP contribution >= 0.6 is 12.4 Å². The first-order valence-electron chi connectivity index (χ1n) is 7.02. The third kappa shape index (κ3) is 3.03. The minimum absolute atomic E-state index is 0. The van der Waals surface area contributed by atoms with Crippen LogP contribution in [0.3, 0.4) is 0 Å². The number of fused-ring (bicyclic) bond motifs is 1. The minimum atomic E-state index is -2.81. The first-order chi connectivity index (χ1) is 9.87. The van der Waals surface area contributed by atoms with Gasteiger partial charge in [0.2, 0.25) is 5.91 Å². The van der Waals surface area contributed by atoms with Gasteiger partial charge in [-0.25, -0.2) is 8.78 Å². The zero-order valence-corrected chi connectivity index (χ0v) is 13.2. The topological polar surface area (TPSA) is 50.4 Å². The summed E-state index contributed by atoms with van der Waals surface area (Å²) in [6, 6.07) is 2.79. The summed E-state index contributed by atoms with van der Waals surface area (Å²) in [5.41, 5.74) is 3.09. The number of amides is 1. The summed E-state index contributed by atoms with van der Waals surface area (Å²) < 4.78 is 31.9. The smallest absolute Gasteiger partial charge is 0.262 e. The number of alkyl halides is 2. The summed E-state index contributed by atoms with van der Waals surface area (Å²) in [5, 5.41) is 5.36. The Morgan fingerprint density at radius 3 is 2.77 bits per heavy atom. The number of ether oxygens (including phenoxy) is 1. The lowest BCUT2D eigenvalue weighted by Crippen LogP contribution is -2.42. The monoisotopic (exact) mass is 332 g/mol. The highest BCUT2D eigenvalue weighted by atomic mass is 35.5. The van der Waals surface area contributed by atoms with Crippen molar-refractivity contribution < 1.29 is 18.3 Å². The van der Waals surface area contributed by atoms with Crippen molar-refractivity contribution in [1.29, 1.82) is 0 Å². The summed E-state index contributed by atoms with van der Waals surface area (Å²) in [5.74, 6) is -2.41. The van der Waals surface area contributed by atoms with E-state index in [0.29, 0.717) is 6.61 Å². The van der Waals surface area contributed by atoms with Gasteiger partial charge >= 0.3 is 0 Å². The van der Waals surface area contributed by atoms with Gasteiger partial charge in [0.05, 0.1) is 18.6 Å². The van der Waals surface area contributed by atoms with Gasteiger partial charge in [0.25, 0.3) is 5.92 Å². The Morgan fingerprint density at radius 1 is 1.41 bits per heavy atom. The standard InChI is InChI=1S/C15H18F2N2O2.ClH/c1-8-3-4-10-12(6-21-13(10)9(8)2)19-14(20)11-5-15(16,17)7-18-11;/h3-4,11-12,18H,5-7H2,1-2H3,(H,19,20);1H. The van der Waals surface area contributed by atoms with Gasteiger partial charge < -0.3 is 10.1 Å². The number of carbonyl (C=O) groups is 1. The van der Waals surface area contributed by atoms with Gasteiger partial charge in [0.1, 0.15) is 12.4 Å². The van der Waals surface area contributed by atoms with E-state index >= 15 is 0 Å². The molecular formula is C15H19ClF2N2O2. The summed E-state index contributed by atoms with van der Waals surface area (Å²) in [6.07, 6.45) is -0.452. The van der Waals surface area contributed by atoms with Crippen molar-refractivity contribution in [2.45, 2.75) is 38.3 Å². The van der Waals surface area contributed by atoms with E-state index in [1.807, 2.05) is 26.0 Å². The largest absolute Gasteiger partial charge is 0.490 e. The Morgan fingerprint density at radius 2 is 2.14 bits per heavy atom. The number of aryl methyl sites for hydroxylation is 1. The molecule has 1 aromatic rings. The number of benzene rings is 1. The molecular weight excluding hydrogens is 314 g/mol. The molecule has 122 valence electrons. The van der Waals surface area contributed by atoms with E-state index in [1.165, 1.54) is 0 Å². The van der Waals surface area contributed by atoms with E-state index in [9.17, 15) is 13.6 Å². The van der Waals surface area contributed by atoms with Crippen molar-refractivity contribution in [2.24, 2.45) is 0 Å². The normalized spacial score (nSPS) is 25.1. The lowest BCUT2D eigenvalue weighted by Gasteiger charge is -2.16. The van der Waals surface area contributed by atoms with Gasteiger partial charge in [-0.15, -0.1) is 12.4 Å². The molecule has 0 bridgehead atoms. The fraction of sp³-hybridized carbons (Fsp3) is 0.533. The molecule has 2 atom stereocenters. The molecule has 3 rings (SSSR count). The molecule has 2 aliphatic rings. The maximum absolute atomic E-state index is 13.1. The Kier molecular flexibility index (Phi) is 4.63. The molecule has 4 nitrogen and oxygen atoms in total.